The van der Waals surface area contributed by atoms with Crippen LogP contribution in [0.15, 0.2) is 60.9 Å². The molecular weight excluding hydrogens is 282 g/mol. The van der Waals surface area contributed by atoms with E-state index in [-0.39, 0.29) is 0 Å². The van der Waals surface area contributed by atoms with Crippen LogP contribution in [0.5, 0.6) is 0 Å². The normalized spacial score (nSPS) is 11.2. The first-order valence-corrected chi connectivity index (χ1v) is 6.92. The Balaban J connectivity index is 1.71. The number of nitrogens with zero attached hydrogens (tertiary/aromatic N) is 1. The predicted octanol–water partition coefficient (Wildman–Crippen LogP) is 4.64. The molecule has 0 saturated heterocycles. The van der Waals surface area contributed by atoms with E-state index in [0.29, 0.717) is 12.1 Å². The fourth-order valence-corrected chi connectivity index (χ4v) is 2.26. The van der Waals surface area contributed by atoms with Crippen molar-refractivity contribution in [3.63, 3.8) is 0 Å². The van der Waals surface area contributed by atoms with E-state index in [9.17, 15) is 8.78 Å². The monoisotopic (exact) mass is 296 g/mol. The van der Waals surface area contributed by atoms with Crippen molar-refractivity contribution in [2.24, 2.45) is 0 Å². The number of rotatable bonds is 4. The summed E-state index contributed by atoms with van der Waals surface area (Å²) in [4.78, 5) is 4.13. The minimum atomic E-state index is -0.573. The number of fused-ring (bicyclic) bond motifs is 1. The Kier molecular flexibility index (Phi) is 4.10. The molecule has 1 aromatic heterocycles. The Morgan fingerprint density at radius 1 is 1.09 bits per heavy atom. The van der Waals surface area contributed by atoms with Crippen LogP contribution >= 0.6 is 0 Å². The first-order chi connectivity index (χ1) is 10.7. The van der Waals surface area contributed by atoms with Crippen molar-refractivity contribution >= 4 is 22.5 Å². The fraction of sp³-hybridized carbons (Fsp3) is 0.0556. The van der Waals surface area contributed by atoms with Crippen molar-refractivity contribution in [1.82, 2.24) is 4.98 Å². The summed E-state index contributed by atoms with van der Waals surface area (Å²) in [7, 11) is 0. The highest BCUT2D eigenvalue weighted by Crippen LogP contribution is 2.21. The maximum Gasteiger partial charge on any atom is 0.133 e. The number of benzene rings is 2. The van der Waals surface area contributed by atoms with Gasteiger partial charge in [-0.3, -0.25) is 4.98 Å². The third kappa shape index (κ3) is 3.11. The van der Waals surface area contributed by atoms with Gasteiger partial charge in [0.1, 0.15) is 11.6 Å². The second kappa shape index (κ2) is 6.35. The second-order valence-corrected chi connectivity index (χ2v) is 4.85. The largest absolute Gasteiger partial charge is 0.381 e. The molecule has 1 N–H and O–H groups in total. The predicted molar refractivity (Wildman–Crippen MR) is 85.6 cm³/mol. The van der Waals surface area contributed by atoms with Crippen molar-refractivity contribution in [1.29, 1.82) is 0 Å². The number of hydrogen-bond acceptors (Lipinski definition) is 2. The van der Waals surface area contributed by atoms with Crippen molar-refractivity contribution < 1.29 is 8.78 Å². The average molecular weight is 296 g/mol. The lowest BCUT2D eigenvalue weighted by Gasteiger charge is -2.07. The topological polar surface area (TPSA) is 24.9 Å². The zero-order chi connectivity index (χ0) is 15.4. The van der Waals surface area contributed by atoms with E-state index in [2.05, 4.69) is 10.3 Å². The number of nitrogens with one attached hydrogen (secondary N) is 1. The van der Waals surface area contributed by atoms with Crippen LogP contribution in [0.3, 0.4) is 0 Å². The molecule has 0 aliphatic heterocycles. The lowest BCUT2D eigenvalue weighted by molar-refractivity contribution is 0.581. The first kappa shape index (κ1) is 14.2. The van der Waals surface area contributed by atoms with Gasteiger partial charge >= 0.3 is 0 Å². The van der Waals surface area contributed by atoms with Gasteiger partial charge in [0.2, 0.25) is 0 Å². The Labute approximate surface area is 127 Å². The number of aromatic nitrogens is 1. The summed E-state index contributed by atoms with van der Waals surface area (Å²) < 4.78 is 26.3. The van der Waals surface area contributed by atoms with Crippen LogP contribution in [0.2, 0.25) is 0 Å². The van der Waals surface area contributed by atoms with E-state index in [0.717, 1.165) is 22.5 Å². The Morgan fingerprint density at radius 2 is 2.00 bits per heavy atom. The summed E-state index contributed by atoms with van der Waals surface area (Å²) in [5.74, 6) is -1.14. The van der Waals surface area contributed by atoms with Crippen molar-refractivity contribution in [3.05, 3.63) is 78.1 Å². The number of halogens is 2. The number of anilines is 1. The summed E-state index contributed by atoms with van der Waals surface area (Å²) in [6, 6.07) is 11.4. The van der Waals surface area contributed by atoms with Crippen LogP contribution in [0.25, 0.3) is 16.8 Å². The van der Waals surface area contributed by atoms with E-state index in [4.69, 9.17) is 0 Å². The van der Waals surface area contributed by atoms with E-state index in [1.54, 1.807) is 24.5 Å². The van der Waals surface area contributed by atoms with E-state index in [1.165, 1.54) is 12.1 Å². The minimum Gasteiger partial charge on any atom is -0.381 e. The van der Waals surface area contributed by atoms with Crippen molar-refractivity contribution in [3.8, 4) is 0 Å². The van der Waals surface area contributed by atoms with Crippen molar-refractivity contribution in [2.75, 3.05) is 11.9 Å². The molecule has 2 nitrogen and oxygen atoms in total. The van der Waals surface area contributed by atoms with Gasteiger partial charge < -0.3 is 5.32 Å². The Morgan fingerprint density at radius 3 is 2.86 bits per heavy atom. The van der Waals surface area contributed by atoms with Gasteiger partial charge in [-0.25, -0.2) is 8.78 Å². The molecule has 3 aromatic rings. The summed E-state index contributed by atoms with van der Waals surface area (Å²) in [6.45, 7) is 0.533. The van der Waals surface area contributed by atoms with Crippen LogP contribution in [-0.2, 0) is 0 Å². The zero-order valence-electron chi connectivity index (χ0n) is 11.8. The Hall–Kier alpha value is -2.75. The minimum absolute atomic E-state index is 0.364. The highest BCUT2D eigenvalue weighted by Gasteiger charge is 2.00. The van der Waals surface area contributed by atoms with E-state index >= 15 is 0 Å². The summed E-state index contributed by atoms with van der Waals surface area (Å²) in [5.41, 5.74) is 1.33. The molecular formula is C18H14F2N2. The molecule has 0 saturated carbocycles. The molecule has 2 aromatic carbocycles. The van der Waals surface area contributed by atoms with Gasteiger partial charge in [0.25, 0.3) is 0 Å². The molecule has 0 atom stereocenters. The molecule has 0 fully saturated rings. The smallest absolute Gasteiger partial charge is 0.133 e. The van der Waals surface area contributed by atoms with Crippen LogP contribution < -0.4 is 5.32 Å². The van der Waals surface area contributed by atoms with Gasteiger partial charge in [-0.2, -0.15) is 0 Å². The van der Waals surface area contributed by atoms with Crippen LogP contribution in [0, 0.1) is 11.6 Å². The molecule has 0 aliphatic carbocycles. The van der Waals surface area contributed by atoms with Gasteiger partial charge in [-0.15, -0.1) is 0 Å². The molecule has 0 unspecified atom stereocenters. The first-order valence-electron chi connectivity index (χ1n) is 6.92. The highest BCUT2D eigenvalue weighted by molar-refractivity contribution is 5.93. The summed E-state index contributed by atoms with van der Waals surface area (Å²) in [5, 5.41) is 5.40. The van der Waals surface area contributed by atoms with E-state index < -0.39 is 11.6 Å². The highest BCUT2D eigenvalue weighted by atomic mass is 19.1. The lowest BCUT2D eigenvalue weighted by atomic mass is 10.1. The molecule has 4 heteroatoms. The van der Waals surface area contributed by atoms with Gasteiger partial charge in [0.05, 0.1) is 0 Å². The van der Waals surface area contributed by atoms with Crippen LogP contribution in [-0.4, -0.2) is 11.5 Å². The molecule has 0 amide bonds. The summed E-state index contributed by atoms with van der Waals surface area (Å²) in [6.07, 6.45) is 6.99. The summed E-state index contributed by atoms with van der Waals surface area (Å²) >= 11 is 0. The number of hydrogen-bond donors (Lipinski definition) is 1. The molecule has 110 valence electrons. The standard InChI is InChI=1S/C18H14F2N2/c19-15-7-6-14(17(20)11-15)4-2-9-22-18-5-1-3-13-8-10-21-12-16(13)18/h1-8,10-12,22H,9H2/b4-2+. The van der Waals surface area contributed by atoms with Gasteiger partial charge in [0.15, 0.2) is 0 Å². The molecule has 0 bridgehead atoms. The Bertz CT molecular complexity index is 823. The molecule has 0 radical (unpaired) electrons. The van der Waals surface area contributed by atoms with Gasteiger partial charge in [-0.1, -0.05) is 24.3 Å². The molecule has 1 heterocycles. The number of pyridine rings is 1. The van der Waals surface area contributed by atoms with Gasteiger partial charge in [0, 0.05) is 41.6 Å². The fourth-order valence-electron chi connectivity index (χ4n) is 2.26. The molecule has 0 spiro atoms. The molecule has 0 aliphatic rings. The third-order valence-corrected chi connectivity index (χ3v) is 3.35. The maximum absolute atomic E-state index is 13.5. The van der Waals surface area contributed by atoms with Crippen LogP contribution in [0.1, 0.15) is 5.56 Å². The average Bonchev–Trinajstić information content (AvgIpc) is 2.53. The molecule has 3 rings (SSSR count). The third-order valence-electron chi connectivity index (χ3n) is 3.35. The second-order valence-electron chi connectivity index (χ2n) is 4.85. The quantitative estimate of drug-likeness (QED) is 0.758. The van der Waals surface area contributed by atoms with Crippen molar-refractivity contribution in [2.45, 2.75) is 0 Å². The van der Waals surface area contributed by atoms with Crippen LogP contribution in [0.4, 0.5) is 14.5 Å². The zero-order valence-corrected chi connectivity index (χ0v) is 11.8. The molecule has 22 heavy (non-hydrogen) atoms. The van der Waals surface area contributed by atoms with Gasteiger partial charge in [-0.05, 0) is 29.7 Å². The van der Waals surface area contributed by atoms with E-state index in [1.807, 2.05) is 24.3 Å². The lowest BCUT2D eigenvalue weighted by Crippen LogP contribution is -1.99. The SMILES string of the molecule is Fc1ccc(/C=C/CNc2cccc3ccncc23)c(F)c1. The maximum atomic E-state index is 13.5.